The Morgan fingerprint density at radius 1 is 1.30 bits per heavy atom. The van der Waals surface area contributed by atoms with Gasteiger partial charge in [-0.3, -0.25) is 0 Å². The number of rotatable bonds is 4. The summed E-state index contributed by atoms with van der Waals surface area (Å²) in [6, 6.07) is 0. The fourth-order valence-corrected chi connectivity index (χ4v) is 1.61. The molecule has 60 valence electrons. The third-order valence-corrected chi connectivity index (χ3v) is 2.63. The van der Waals surface area contributed by atoms with E-state index in [2.05, 4.69) is 6.92 Å². The van der Waals surface area contributed by atoms with Gasteiger partial charge in [-0.1, -0.05) is 26.2 Å². The van der Waals surface area contributed by atoms with E-state index in [0.29, 0.717) is 0 Å². The zero-order chi connectivity index (χ0) is 7.45. The summed E-state index contributed by atoms with van der Waals surface area (Å²) in [7, 11) is 0. The van der Waals surface area contributed by atoms with Crippen LogP contribution in [0.1, 0.15) is 51.9 Å². The average molecular weight is 141 g/mol. The maximum Gasteiger partial charge on any atom is 0.0154 e. The number of hydrogen-bond acceptors (Lipinski definition) is 1. The topological polar surface area (TPSA) is 26.0 Å². The standard InChI is InChI=1S/C9H19N/c1-2-3-4-6-9(10)7-5-8-9/h2-8,10H2,1H3. The summed E-state index contributed by atoms with van der Waals surface area (Å²) in [4.78, 5) is 0. The van der Waals surface area contributed by atoms with Crippen LogP contribution in [0.5, 0.6) is 0 Å². The van der Waals surface area contributed by atoms with Crippen molar-refractivity contribution in [1.82, 2.24) is 0 Å². The highest BCUT2D eigenvalue weighted by atomic mass is 14.8. The molecule has 0 saturated heterocycles. The first-order valence-corrected chi connectivity index (χ1v) is 4.56. The minimum absolute atomic E-state index is 0.273. The molecule has 1 aliphatic rings. The zero-order valence-electron chi connectivity index (χ0n) is 7.03. The van der Waals surface area contributed by atoms with Crippen molar-refractivity contribution in [3.63, 3.8) is 0 Å². The first-order chi connectivity index (χ1) is 4.77. The molecule has 0 amide bonds. The lowest BCUT2D eigenvalue weighted by Crippen LogP contribution is -2.46. The number of unbranched alkanes of at least 4 members (excludes halogenated alkanes) is 2. The molecule has 1 saturated carbocycles. The molecule has 0 heterocycles. The highest BCUT2D eigenvalue weighted by Crippen LogP contribution is 2.33. The Labute approximate surface area is 64.0 Å². The molecule has 1 heteroatoms. The van der Waals surface area contributed by atoms with Gasteiger partial charge in [-0.25, -0.2) is 0 Å². The Morgan fingerprint density at radius 2 is 2.00 bits per heavy atom. The van der Waals surface area contributed by atoms with Gasteiger partial charge in [0.05, 0.1) is 0 Å². The van der Waals surface area contributed by atoms with Crippen LogP contribution >= 0.6 is 0 Å². The van der Waals surface area contributed by atoms with E-state index >= 15 is 0 Å². The van der Waals surface area contributed by atoms with E-state index < -0.39 is 0 Å². The van der Waals surface area contributed by atoms with Gasteiger partial charge in [-0.2, -0.15) is 0 Å². The molecule has 1 nitrogen and oxygen atoms in total. The second-order valence-corrected chi connectivity index (χ2v) is 3.67. The summed E-state index contributed by atoms with van der Waals surface area (Å²) in [5, 5.41) is 0. The van der Waals surface area contributed by atoms with Crippen LogP contribution in [0.15, 0.2) is 0 Å². The van der Waals surface area contributed by atoms with Crippen LogP contribution in [0.3, 0.4) is 0 Å². The van der Waals surface area contributed by atoms with Crippen molar-refractivity contribution in [3.05, 3.63) is 0 Å². The zero-order valence-corrected chi connectivity index (χ0v) is 7.03. The Bertz CT molecular complexity index is 94.9. The van der Waals surface area contributed by atoms with Gasteiger partial charge in [0.2, 0.25) is 0 Å². The molecule has 0 atom stereocenters. The molecular formula is C9H19N. The van der Waals surface area contributed by atoms with Gasteiger partial charge in [0.15, 0.2) is 0 Å². The molecule has 0 radical (unpaired) electrons. The smallest absolute Gasteiger partial charge is 0.0154 e. The van der Waals surface area contributed by atoms with Gasteiger partial charge in [0, 0.05) is 5.54 Å². The van der Waals surface area contributed by atoms with E-state index in [1.54, 1.807) is 0 Å². The summed E-state index contributed by atoms with van der Waals surface area (Å²) in [5.41, 5.74) is 6.32. The maximum absolute atomic E-state index is 6.04. The van der Waals surface area contributed by atoms with E-state index in [4.69, 9.17) is 5.73 Å². The van der Waals surface area contributed by atoms with Crippen LogP contribution in [0, 0.1) is 0 Å². The molecule has 10 heavy (non-hydrogen) atoms. The second kappa shape index (κ2) is 3.38. The first-order valence-electron chi connectivity index (χ1n) is 4.56. The summed E-state index contributed by atoms with van der Waals surface area (Å²) in [6.45, 7) is 2.24. The lowest BCUT2D eigenvalue weighted by atomic mass is 9.74. The largest absolute Gasteiger partial charge is 0.325 e. The predicted octanol–water partition coefficient (Wildman–Crippen LogP) is 2.45. The lowest BCUT2D eigenvalue weighted by molar-refractivity contribution is 0.225. The predicted molar refractivity (Wildman–Crippen MR) is 44.9 cm³/mol. The van der Waals surface area contributed by atoms with Crippen LogP contribution in [0.2, 0.25) is 0 Å². The van der Waals surface area contributed by atoms with E-state index in [9.17, 15) is 0 Å². The van der Waals surface area contributed by atoms with E-state index in [-0.39, 0.29) is 5.54 Å². The number of hydrogen-bond donors (Lipinski definition) is 1. The normalized spacial score (nSPS) is 22.2. The Balaban J connectivity index is 2.01. The molecule has 0 aromatic rings. The molecule has 0 spiro atoms. The third-order valence-electron chi connectivity index (χ3n) is 2.63. The molecule has 0 aromatic heterocycles. The maximum atomic E-state index is 6.04. The van der Waals surface area contributed by atoms with Crippen molar-refractivity contribution in [2.45, 2.75) is 57.4 Å². The van der Waals surface area contributed by atoms with Gasteiger partial charge in [0.25, 0.3) is 0 Å². The highest BCUT2D eigenvalue weighted by molar-refractivity contribution is 4.91. The number of nitrogens with two attached hydrogens (primary N) is 1. The molecule has 0 unspecified atom stereocenters. The first kappa shape index (κ1) is 8.06. The third kappa shape index (κ3) is 1.98. The van der Waals surface area contributed by atoms with Crippen molar-refractivity contribution in [2.75, 3.05) is 0 Å². The van der Waals surface area contributed by atoms with Crippen molar-refractivity contribution in [2.24, 2.45) is 5.73 Å². The Hall–Kier alpha value is -0.0400. The summed E-state index contributed by atoms with van der Waals surface area (Å²) < 4.78 is 0. The van der Waals surface area contributed by atoms with Crippen LogP contribution in [0.25, 0.3) is 0 Å². The molecule has 2 N–H and O–H groups in total. The fraction of sp³-hybridized carbons (Fsp3) is 1.00. The van der Waals surface area contributed by atoms with Crippen molar-refractivity contribution >= 4 is 0 Å². The molecule has 1 rings (SSSR count). The van der Waals surface area contributed by atoms with Crippen molar-refractivity contribution in [3.8, 4) is 0 Å². The van der Waals surface area contributed by atoms with Crippen LogP contribution in [0.4, 0.5) is 0 Å². The molecule has 1 aliphatic carbocycles. The Kier molecular flexibility index (Phi) is 2.72. The molecule has 1 fully saturated rings. The molecule has 0 aliphatic heterocycles. The minimum atomic E-state index is 0.273. The quantitative estimate of drug-likeness (QED) is 0.598. The fourth-order valence-electron chi connectivity index (χ4n) is 1.61. The molecule has 0 aromatic carbocycles. The summed E-state index contributed by atoms with van der Waals surface area (Å²) in [6.07, 6.45) is 9.19. The summed E-state index contributed by atoms with van der Waals surface area (Å²) >= 11 is 0. The highest BCUT2D eigenvalue weighted by Gasteiger charge is 2.31. The lowest BCUT2D eigenvalue weighted by Gasteiger charge is -2.38. The van der Waals surface area contributed by atoms with Crippen molar-refractivity contribution < 1.29 is 0 Å². The SMILES string of the molecule is CCCCCC1(N)CCC1. The Morgan fingerprint density at radius 3 is 2.40 bits per heavy atom. The van der Waals surface area contributed by atoms with E-state index in [0.717, 1.165) is 0 Å². The second-order valence-electron chi connectivity index (χ2n) is 3.67. The van der Waals surface area contributed by atoms with Gasteiger partial charge in [-0.05, 0) is 25.7 Å². The minimum Gasteiger partial charge on any atom is -0.325 e. The molecular weight excluding hydrogens is 122 g/mol. The molecule has 0 bridgehead atoms. The van der Waals surface area contributed by atoms with Crippen molar-refractivity contribution in [1.29, 1.82) is 0 Å². The summed E-state index contributed by atoms with van der Waals surface area (Å²) in [5.74, 6) is 0. The van der Waals surface area contributed by atoms with Crippen LogP contribution in [-0.4, -0.2) is 5.54 Å². The van der Waals surface area contributed by atoms with Gasteiger partial charge in [-0.15, -0.1) is 0 Å². The van der Waals surface area contributed by atoms with E-state index in [1.165, 1.54) is 44.9 Å². The average Bonchev–Trinajstić information content (AvgIpc) is 1.85. The van der Waals surface area contributed by atoms with Crippen LogP contribution in [-0.2, 0) is 0 Å². The van der Waals surface area contributed by atoms with E-state index in [1.807, 2.05) is 0 Å². The van der Waals surface area contributed by atoms with Gasteiger partial charge >= 0.3 is 0 Å². The van der Waals surface area contributed by atoms with Gasteiger partial charge in [0.1, 0.15) is 0 Å². The monoisotopic (exact) mass is 141 g/mol. The van der Waals surface area contributed by atoms with Gasteiger partial charge < -0.3 is 5.73 Å². The van der Waals surface area contributed by atoms with Crippen LogP contribution < -0.4 is 5.73 Å².